The smallest absolute Gasteiger partial charge is 0.407 e. The second-order valence-corrected chi connectivity index (χ2v) is 7.99. The fraction of sp³-hybridized carbons (Fsp3) is 0.360. The molecular formula is C25H28N2O8. The molecule has 0 spiro atoms. The molecule has 35 heavy (non-hydrogen) atoms. The SMILES string of the molecule is COC[C@H](NC(=O)OCC1c2ccccc2-c2ccccc21)C(=O)N[C@@H](CCC(=O)OC)C(=O)O. The highest BCUT2D eigenvalue weighted by Crippen LogP contribution is 2.44. The summed E-state index contributed by atoms with van der Waals surface area (Å²) in [5.74, 6) is -2.86. The molecule has 186 valence electrons. The molecule has 2 aromatic rings. The molecule has 10 nitrogen and oxygen atoms in total. The molecule has 10 heteroatoms. The van der Waals surface area contributed by atoms with Gasteiger partial charge in [-0.15, -0.1) is 0 Å². The molecule has 1 aliphatic rings. The number of ether oxygens (including phenoxy) is 3. The van der Waals surface area contributed by atoms with Gasteiger partial charge in [0.05, 0.1) is 13.7 Å². The van der Waals surface area contributed by atoms with Crippen molar-refractivity contribution in [3.05, 3.63) is 59.7 Å². The normalized spacial score (nSPS) is 13.7. The molecule has 0 saturated carbocycles. The fourth-order valence-corrected chi connectivity index (χ4v) is 4.03. The van der Waals surface area contributed by atoms with Gasteiger partial charge in [-0.3, -0.25) is 9.59 Å². The number of alkyl carbamates (subject to hydrolysis) is 1. The summed E-state index contributed by atoms with van der Waals surface area (Å²) in [5, 5.41) is 14.1. The topological polar surface area (TPSA) is 140 Å². The van der Waals surface area contributed by atoms with Gasteiger partial charge in [0.15, 0.2) is 0 Å². The molecule has 0 heterocycles. The fourth-order valence-electron chi connectivity index (χ4n) is 4.03. The summed E-state index contributed by atoms with van der Waals surface area (Å²) in [7, 11) is 2.52. The lowest BCUT2D eigenvalue weighted by molar-refractivity contribution is -0.144. The third-order valence-electron chi connectivity index (χ3n) is 5.76. The first kappa shape index (κ1) is 25.7. The van der Waals surface area contributed by atoms with E-state index >= 15 is 0 Å². The van der Waals surface area contributed by atoms with E-state index in [0.717, 1.165) is 22.3 Å². The maximum absolute atomic E-state index is 12.6. The van der Waals surface area contributed by atoms with E-state index in [1.165, 1.54) is 14.2 Å². The van der Waals surface area contributed by atoms with Crippen molar-refractivity contribution >= 4 is 23.9 Å². The van der Waals surface area contributed by atoms with Gasteiger partial charge in [-0.25, -0.2) is 9.59 Å². The molecule has 3 rings (SSSR count). The van der Waals surface area contributed by atoms with Crippen molar-refractivity contribution in [1.82, 2.24) is 10.6 Å². The van der Waals surface area contributed by atoms with Crippen LogP contribution in [-0.4, -0.2) is 68.6 Å². The number of nitrogens with one attached hydrogen (secondary N) is 2. The van der Waals surface area contributed by atoms with Crippen LogP contribution in [0.4, 0.5) is 4.79 Å². The number of aliphatic carboxylic acids is 1. The molecule has 0 aromatic heterocycles. The standard InChI is InChI=1S/C25H28N2O8/c1-33-14-21(23(29)26-20(24(30)31)11-12-22(28)34-2)27-25(32)35-13-19-17-9-5-3-7-15(17)16-8-4-6-10-18(16)19/h3-10,19-21H,11-14H2,1-2H3,(H,26,29)(H,27,32)(H,30,31)/t20-,21-/m0/s1. The van der Waals surface area contributed by atoms with E-state index in [-0.39, 0.29) is 32.0 Å². The minimum Gasteiger partial charge on any atom is -0.480 e. The minimum atomic E-state index is -1.34. The van der Waals surface area contributed by atoms with Crippen molar-refractivity contribution < 1.29 is 38.5 Å². The van der Waals surface area contributed by atoms with Gasteiger partial charge in [-0.1, -0.05) is 48.5 Å². The number of hydrogen-bond acceptors (Lipinski definition) is 7. The highest BCUT2D eigenvalue weighted by molar-refractivity contribution is 5.89. The Kier molecular flexibility index (Phi) is 8.80. The Bertz CT molecular complexity index is 1040. The average Bonchev–Trinajstić information content (AvgIpc) is 3.18. The number of carboxylic acids is 1. The van der Waals surface area contributed by atoms with Gasteiger partial charge >= 0.3 is 18.0 Å². The van der Waals surface area contributed by atoms with Gasteiger partial charge in [0, 0.05) is 19.4 Å². The van der Waals surface area contributed by atoms with Crippen LogP contribution in [0.5, 0.6) is 0 Å². The summed E-state index contributed by atoms with van der Waals surface area (Å²) in [6, 6.07) is 13.2. The van der Waals surface area contributed by atoms with Gasteiger partial charge in [0.2, 0.25) is 5.91 Å². The van der Waals surface area contributed by atoms with Crippen LogP contribution in [0.3, 0.4) is 0 Å². The predicted octanol–water partition coefficient (Wildman–Crippen LogP) is 2.06. The van der Waals surface area contributed by atoms with Crippen LogP contribution >= 0.6 is 0 Å². The molecule has 0 saturated heterocycles. The highest BCUT2D eigenvalue weighted by Gasteiger charge is 2.31. The minimum absolute atomic E-state index is 0.0536. The zero-order chi connectivity index (χ0) is 25.4. The van der Waals surface area contributed by atoms with Gasteiger partial charge in [-0.05, 0) is 28.7 Å². The average molecular weight is 485 g/mol. The number of rotatable bonds is 11. The number of hydrogen-bond donors (Lipinski definition) is 3. The molecular weight excluding hydrogens is 456 g/mol. The number of carbonyl (C=O) groups excluding carboxylic acids is 3. The summed E-state index contributed by atoms with van der Waals surface area (Å²) >= 11 is 0. The van der Waals surface area contributed by atoms with Crippen molar-refractivity contribution in [2.75, 3.05) is 27.4 Å². The summed E-state index contributed by atoms with van der Waals surface area (Å²) in [4.78, 5) is 48.0. The first-order valence-corrected chi connectivity index (χ1v) is 11.1. The van der Waals surface area contributed by atoms with Crippen LogP contribution in [0, 0.1) is 0 Å². The van der Waals surface area contributed by atoms with Gasteiger partial charge in [0.25, 0.3) is 0 Å². The number of fused-ring (bicyclic) bond motifs is 3. The van der Waals surface area contributed by atoms with Crippen molar-refractivity contribution in [3.63, 3.8) is 0 Å². The molecule has 2 amide bonds. The van der Waals surface area contributed by atoms with Crippen molar-refractivity contribution in [2.45, 2.75) is 30.8 Å². The molecule has 0 bridgehead atoms. The van der Waals surface area contributed by atoms with Crippen LogP contribution in [0.15, 0.2) is 48.5 Å². The van der Waals surface area contributed by atoms with E-state index in [9.17, 15) is 24.3 Å². The highest BCUT2D eigenvalue weighted by atomic mass is 16.5. The molecule has 1 aliphatic carbocycles. The maximum Gasteiger partial charge on any atom is 0.407 e. The summed E-state index contributed by atoms with van der Waals surface area (Å²) in [6.07, 6.45) is -1.20. The van der Waals surface area contributed by atoms with Gasteiger partial charge < -0.3 is 30.0 Å². The summed E-state index contributed by atoms with van der Waals surface area (Å²) < 4.78 is 15.0. The van der Waals surface area contributed by atoms with Crippen LogP contribution in [-0.2, 0) is 28.6 Å². The van der Waals surface area contributed by atoms with E-state index in [2.05, 4.69) is 15.4 Å². The number of carbonyl (C=O) groups is 4. The lowest BCUT2D eigenvalue weighted by atomic mass is 9.98. The largest absolute Gasteiger partial charge is 0.480 e. The molecule has 2 aromatic carbocycles. The molecule has 2 atom stereocenters. The molecule has 3 N–H and O–H groups in total. The first-order chi connectivity index (χ1) is 16.8. The number of esters is 1. The Morgan fingerprint density at radius 2 is 1.51 bits per heavy atom. The van der Waals surface area contributed by atoms with Gasteiger partial charge in [0.1, 0.15) is 18.7 Å². The Morgan fingerprint density at radius 1 is 0.914 bits per heavy atom. The van der Waals surface area contributed by atoms with Crippen LogP contribution in [0.2, 0.25) is 0 Å². The zero-order valence-electron chi connectivity index (χ0n) is 19.5. The summed E-state index contributed by atoms with van der Waals surface area (Å²) in [6.45, 7) is -0.155. The second-order valence-electron chi connectivity index (χ2n) is 7.99. The van der Waals surface area contributed by atoms with E-state index in [4.69, 9.17) is 9.47 Å². The first-order valence-electron chi connectivity index (χ1n) is 11.1. The quantitative estimate of drug-likeness (QED) is 0.412. The molecule has 0 unspecified atom stereocenters. The third-order valence-corrected chi connectivity index (χ3v) is 5.76. The Morgan fingerprint density at radius 3 is 2.06 bits per heavy atom. The molecule has 0 aliphatic heterocycles. The summed E-state index contributed by atoms with van der Waals surface area (Å²) in [5.41, 5.74) is 4.26. The van der Waals surface area contributed by atoms with E-state index < -0.39 is 36.0 Å². The molecule has 0 radical (unpaired) electrons. The van der Waals surface area contributed by atoms with E-state index in [1.54, 1.807) is 0 Å². The Hall–Kier alpha value is -3.92. The van der Waals surface area contributed by atoms with E-state index in [1.807, 2.05) is 48.5 Å². The number of benzene rings is 2. The van der Waals surface area contributed by atoms with Crippen LogP contribution in [0.1, 0.15) is 29.9 Å². The molecule has 0 fully saturated rings. The number of amides is 2. The van der Waals surface area contributed by atoms with Crippen molar-refractivity contribution in [2.24, 2.45) is 0 Å². The van der Waals surface area contributed by atoms with E-state index in [0.29, 0.717) is 0 Å². The zero-order valence-corrected chi connectivity index (χ0v) is 19.5. The van der Waals surface area contributed by atoms with Crippen molar-refractivity contribution in [3.8, 4) is 11.1 Å². The van der Waals surface area contributed by atoms with Crippen LogP contribution < -0.4 is 10.6 Å². The third kappa shape index (κ3) is 6.36. The van der Waals surface area contributed by atoms with Crippen LogP contribution in [0.25, 0.3) is 11.1 Å². The lowest BCUT2D eigenvalue weighted by Crippen LogP contribution is -2.53. The number of methoxy groups -OCH3 is 2. The van der Waals surface area contributed by atoms with Gasteiger partial charge in [-0.2, -0.15) is 0 Å². The Labute approximate surface area is 202 Å². The monoisotopic (exact) mass is 484 g/mol. The lowest BCUT2D eigenvalue weighted by Gasteiger charge is -2.21. The second kappa shape index (κ2) is 12.0. The Balaban J connectivity index is 1.61. The van der Waals surface area contributed by atoms with Crippen molar-refractivity contribution in [1.29, 1.82) is 0 Å². The predicted molar refractivity (Wildman–Crippen MR) is 125 cm³/mol. The number of carboxylic acid groups (broad SMARTS) is 1. The maximum atomic E-state index is 12.6.